The summed E-state index contributed by atoms with van der Waals surface area (Å²) in [5.74, 6) is 6.45. The molecule has 0 bridgehead atoms. The van der Waals surface area contributed by atoms with Crippen LogP contribution in [0.25, 0.3) is 0 Å². The molecule has 2 rings (SSSR count). The van der Waals surface area contributed by atoms with Crippen LogP contribution in [0.3, 0.4) is 0 Å². The Morgan fingerprint density at radius 2 is 2.14 bits per heavy atom. The minimum absolute atomic E-state index is 0.127. The molecule has 5 N–H and O–H groups in total. The first kappa shape index (κ1) is 9.17. The molecule has 0 spiro atoms. The summed E-state index contributed by atoms with van der Waals surface area (Å²) in [5.41, 5.74) is 2.27. The number of hydrogen-bond donors (Lipinski definition) is 4. The standard InChI is InChI=1S/C8H13N5O/c9-13-7-3-6(10-5-11-7)12-8(4-14)1-2-8/h3,5,14H,1-2,4,9H2,(H2,10,11,12,13). The molecule has 0 saturated heterocycles. The SMILES string of the molecule is NNc1cc(NC2(CO)CC2)ncn1. The summed E-state index contributed by atoms with van der Waals surface area (Å²) in [6, 6.07) is 1.70. The van der Waals surface area contributed by atoms with Crippen LogP contribution in [-0.2, 0) is 0 Å². The van der Waals surface area contributed by atoms with Crippen molar-refractivity contribution in [2.75, 3.05) is 17.3 Å². The molecule has 1 aromatic rings. The number of nitrogens with zero attached hydrogens (tertiary/aromatic N) is 2. The average molecular weight is 195 g/mol. The lowest BCUT2D eigenvalue weighted by Crippen LogP contribution is -2.26. The van der Waals surface area contributed by atoms with Gasteiger partial charge >= 0.3 is 0 Å². The zero-order chi connectivity index (χ0) is 10.0. The topological polar surface area (TPSA) is 96.1 Å². The van der Waals surface area contributed by atoms with Crippen molar-refractivity contribution in [1.82, 2.24) is 9.97 Å². The summed E-state index contributed by atoms with van der Waals surface area (Å²) < 4.78 is 0. The van der Waals surface area contributed by atoms with E-state index in [2.05, 4.69) is 20.7 Å². The van der Waals surface area contributed by atoms with Gasteiger partial charge in [0.05, 0.1) is 12.1 Å². The highest BCUT2D eigenvalue weighted by molar-refractivity contribution is 5.48. The van der Waals surface area contributed by atoms with E-state index < -0.39 is 0 Å². The molecule has 1 aromatic heterocycles. The minimum atomic E-state index is -0.166. The number of hydrazine groups is 1. The van der Waals surface area contributed by atoms with Gasteiger partial charge in [0.25, 0.3) is 0 Å². The van der Waals surface area contributed by atoms with E-state index in [0.717, 1.165) is 12.8 Å². The summed E-state index contributed by atoms with van der Waals surface area (Å²) >= 11 is 0. The van der Waals surface area contributed by atoms with Crippen molar-refractivity contribution in [3.63, 3.8) is 0 Å². The second kappa shape index (κ2) is 3.39. The van der Waals surface area contributed by atoms with Gasteiger partial charge in [0, 0.05) is 6.07 Å². The fourth-order valence-corrected chi connectivity index (χ4v) is 1.25. The normalized spacial score (nSPS) is 17.6. The van der Waals surface area contributed by atoms with Crippen LogP contribution < -0.4 is 16.6 Å². The number of nitrogens with two attached hydrogens (primary N) is 1. The van der Waals surface area contributed by atoms with E-state index in [4.69, 9.17) is 10.9 Å². The van der Waals surface area contributed by atoms with E-state index in [1.54, 1.807) is 6.07 Å². The Balaban J connectivity index is 2.09. The number of hydrogen-bond acceptors (Lipinski definition) is 6. The summed E-state index contributed by atoms with van der Waals surface area (Å²) in [4.78, 5) is 7.92. The number of aliphatic hydroxyl groups excluding tert-OH is 1. The number of rotatable bonds is 4. The van der Waals surface area contributed by atoms with Gasteiger partial charge in [-0.2, -0.15) is 0 Å². The Labute approximate surface area is 81.5 Å². The maximum atomic E-state index is 9.10. The third kappa shape index (κ3) is 1.75. The van der Waals surface area contributed by atoms with Gasteiger partial charge < -0.3 is 15.8 Å². The third-order valence-electron chi connectivity index (χ3n) is 2.36. The van der Waals surface area contributed by atoms with Crippen LogP contribution in [0.15, 0.2) is 12.4 Å². The van der Waals surface area contributed by atoms with Crippen LogP contribution >= 0.6 is 0 Å². The second-order valence-electron chi connectivity index (χ2n) is 3.50. The molecule has 0 atom stereocenters. The molecule has 76 valence electrons. The van der Waals surface area contributed by atoms with Crippen molar-refractivity contribution in [1.29, 1.82) is 0 Å². The molecular formula is C8H13N5O. The smallest absolute Gasteiger partial charge is 0.145 e. The molecule has 0 unspecified atom stereocenters. The zero-order valence-corrected chi connectivity index (χ0v) is 7.70. The van der Waals surface area contributed by atoms with Gasteiger partial charge in [-0.3, -0.25) is 0 Å². The lowest BCUT2D eigenvalue weighted by atomic mass is 10.3. The lowest BCUT2D eigenvalue weighted by Gasteiger charge is -2.14. The first-order valence-corrected chi connectivity index (χ1v) is 4.46. The van der Waals surface area contributed by atoms with Crippen LogP contribution in [0, 0.1) is 0 Å². The predicted molar refractivity (Wildman–Crippen MR) is 52.5 cm³/mol. The van der Waals surface area contributed by atoms with Crippen molar-refractivity contribution >= 4 is 11.6 Å². The molecule has 1 saturated carbocycles. The van der Waals surface area contributed by atoms with Crippen LogP contribution in [0.5, 0.6) is 0 Å². The van der Waals surface area contributed by atoms with Gasteiger partial charge in [-0.05, 0) is 12.8 Å². The van der Waals surface area contributed by atoms with Crippen molar-refractivity contribution in [2.45, 2.75) is 18.4 Å². The Bertz CT molecular complexity index is 325. The molecule has 0 aliphatic heterocycles. The number of nitrogens with one attached hydrogen (secondary N) is 2. The predicted octanol–water partition coefficient (Wildman–Crippen LogP) is -0.301. The van der Waals surface area contributed by atoms with Crippen molar-refractivity contribution in [3.05, 3.63) is 12.4 Å². The molecule has 1 heterocycles. The number of aliphatic hydroxyl groups is 1. The minimum Gasteiger partial charge on any atom is -0.394 e. The fourth-order valence-electron chi connectivity index (χ4n) is 1.25. The number of aromatic nitrogens is 2. The van der Waals surface area contributed by atoms with Crippen molar-refractivity contribution in [2.24, 2.45) is 5.84 Å². The maximum Gasteiger partial charge on any atom is 0.145 e. The largest absolute Gasteiger partial charge is 0.394 e. The fraction of sp³-hybridized carbons (Fsp3) is 0.500. The Hall–Kier alpha value is -1.40. The molecule has 1 aliphatic rings. The van der Waals surface area contributed by atoms with Crippen LogP contribution in [-0.4, -0.2) is 27.2 Å². The van der Waals surface area contributed by atoms with Crippen LogP contribution in [0.1, 0.15) is 12.8 Å². The van der Waals surface area contributed by atoms with E-state index in [0.29, 0.717) is 11.6 Å². The van der Waals surface area contributed by atoms with Gasteiger partial charge in [-0.25, -0.2) is 15.8 Å². The molecule has 0 amide bonds. The quantitative estimate of drug-likeness (QED) is 0.389. The third-order valence-corrected chi connectivity index (χ3v) is 2.36. The van der Waals surface area contributed by atoms with Crippen LogP contribution in [0.4, 0.5) is 11.6 Å². The Morgan fingerprint density at radius 3 is 2.71 bits per heavy atom. The molecule has 6 heteroatoms. The highest BCUT2D eigenvalue weighted by atomic mass is 16.3. The summed E-state index contributed by atoms with van der Waals surface area (Å²) in [7, 11) is 0. The highest BCUT2D eigenvalue weighted by Gasteiger charge is 2.42. The van der Waals surface area contributed by atoms with Gasteiger partial charge in [0.1, 0.15) is 18.0 Å². The van der Waals surface area contributed by atoms with Gasteiger partial charge in [0.2, 0.25) is 0 Å². The average Bonchev–Trinajstić information content (AvgIpc) is 2.99. The summed E-state index contributed by atoms with van der Waals surface area (Å²) in [5, 5.41) is 12.3. The van der Waals surface area contributed by atoms with Crippen molar-refractivity contribution in [3.8, 4) is 0 Å². The first-order chi connectivity index (χ1) is 6.78. The Morgan fingerprint density at radius 1 is 1.43 bits per heavy atom. The molecule has 6 nitrogen and oxygen atoms in total. The van der Waals surface area contributed by atoms with Gasteiger partial charge in [-0.1, -0.05) is 0 Å². The van der Waals surface area contributed by atoms with Gasteiger partial charge in [0.15, 0.2) is 0 Å². The highest BCUT2D eigenvalue weighted by Crippen LogP contribution is 2.37. The van der Waals surface area contributed by atoms with Crippen LogP contribution in [0.2, 0.25) is 0 Å². The number of anilines is 2. The number of nitrogen functional groups attached to an aromatic ring is 1. The zero-order valence-electron chi connectivity index (χ0n) is 7.70. The molecule has 0 aromatic carbocycles. The first-order valence-electron chi connectivity index (χ1n) is 4.46. The van der Waals surface area contributed by atoms with E-state index >= 15 is 0 Å². The van der Waals surface area contributed by atoms with E-state index in [-0.39, 0.29) is 12.1 Å². The van der Waals surface area contributed by atoms with E-state index in [1.165, 1.54) is 6.33 Å². The molecule has 0 radical (unpaired) electrons. The Kier molecular flexibility index (Phi) is 2.22. The second-order valence-corrected chi connectivity index (χ2v) is 3.50. The maximum absolute atomic E-state index is 9.10. The molecular weight excluding hydrogens is 182 g/mol. The molecule has 1 fully saturated rings. The van der Waals surface area contributed by atoms with Gasteiger partial charge in [-0.15, -0.1) is 0 Å². The van der Waals surface area contributed by atoms with E-state index in [9.17, 15) is 0 Å². The van der Waals surface area contributed by atoms with E-state index in [1.807, 2.05) is 0 Å². The molecule has 1 aliphatic carbocycles. The lowest BCUT2D eigenvalue weighted by molar-refractivity contribution is 0.266. The molecule has 14 heavy (non-hydrogen) atoms. The van der Waals surface area contributed by atoms with Crippen molar-refractivity contribution < 1.29 is 5.11 Å². The summed E-state index contributed by atoms with van der Waals surface area (Å²) in [6.07, 6.45) is 3.36. The monoisotopic (exact) mass is 195 g/mol. The summed E-state index contributed by atoms with van der Waals surface area (Å²) in [6.45, 7) is 0.127.